The van der Waals surface area contributed by atoms with E-state index in [1.807, 2.05) is 0 Å². The SMILES string of the molecule is CC(=O)c1c(C(C)C)cc(C)c2c1OC(C)C2(C)C. The van der Waals surface area contributed by atoms with Crippen LogP contribution in [0.5, 0.6) is 5.75 Å². The van der Waals surface area contributed by atoms with Crippen LogP contribution in [0.25, 0.3) is 0 Å². The third-order valence-corrected chi connectivity index (χ3v) is 4.44. The standard InChI is InChI=1S/C17H24O2/c1-9(2)13-8-10(3)15-16(14(13)11(4)18)19-12(5)17(15,6)7/h8-9,12H,1-7H3. The first-order valence-corrected chi connectivity index (χ1v) is 7.03. The van der Waals surface area contributed by atoms with E-state index >= 15 is 0 Å². The van der Waals surface area contributed by atoms with E-state index < -0.39 is 0 Å². The van der Waals surface area contributed by atoms with Crippen LogP contribution in [0.4, 0.5) is 0 Å². The van der Waals surface area contributed by atoms with E-state index in [9.17, 15) is 4.79 Å². The molecule has 1 atom stereocenters. The van der Waals surface area contributed by atoms with Crippen molar-refractivity contribution in [3.05, 3.63) is 28.3 Å². The maximum atomic E-state index is 12.1. The molecule has 0 spiro atoms. The van der Waals surface area contributed by atoms with Crippen molar-refractivity contribution in [1.29, 1.82) is 0 Å². The zero-order valence-corrected chi connectivity index (χ0v) is 13.0. The van der Waals surface area contributed by atoms with Crippen molar-refractivity contribution in [3.8, 4) is 5.75 Å². The molecular weight excluding hydrogens is 236 g/mol. The molecule has 0 saturated heterocycles. The number of fused-ring (bicyclic) bond motifs is 1. The van der Waals surface area contributed by atoms with Gasteiger partial charge in [0, 0.05) is 11.0 Å². The average molecular weight is 260 g/mol. The summed E-state index contributed by atoms with van der Waals surface area (Å²) in [6.45, 7) is 14.5. The molecule has 0 aliphatic carbocycles. The molecule has 19 heavy (non-hydrogen) atoms. The van der Waals surface area contributed by atoms with E-state index in [1.165, 1.54) is 11.1 Å². The molecule has 1 unspecified atom stereocenters. The molecule has 1 aliphatic rings. The van der Waals surface area contributed by atoms with Crippen LogP contribution in [0.1, 0.15) is 74.5 Å². The lowest BCUT2D eigenvalue weighted by Gasteiger charge is -2.24. The van der Waals surface area contributed by atoms with Gasteiger partial charge in [0.05, 0.1) is 5.56 Å². The lowest BCUT2D eigenvalue weighted by atomic mass is 9.77. The molecule has 0 amide bonds. The van der Waals surface area contributed by atoms with E-state index in [4.69, 9.17) is 4.74 Å². The number of ketones is 1. The maximum absolute atomic E-state index is 12.1. The van der Waals surface area contributed by atoms with Gasteiger partial charge in [0.15, 0.2) is 5.78 Å². The van der Waals surface area contributed by atoms with Crippen LogP contribution in [0.15, 0.2) is 6.07 Å². The Morgan fingerprint density at radius 2 is 1.95 bits per heavy atom. The van der Waals surface area contributed by atoms with Crippen molar-refractivity contribution in [2.45, 2.75) is 65.9 Å². The molecule has 0 fully saturated rings. The molecule has 2 rings (SSSR count). The first-order chi connectivity index (χ1) is 8.67. The van der Waals surface area contributed by atoms with Crippen LogP contribution < -0.4 is 4.74 Å². The molecule has 0 N–H and O–H groups in total. The quantitative estimate of drug-likeness (QED) is 0.738. The summed E-state index contributed by atoms with van der Waals surface area (Å²) in [5.41, 5.74) is 4.29. The van der Waals surface area contributed by atoms with Gasteiger partial charge in [-0.15, -0.1) is 0 Å². The minimum atomic E-state index is -0.0425. The Kier molecular flexibility index (Phi) is 3.24. The van der Waals surface area contributed by atoms with Crippen LogP contribution in [-0.4, -0.2) is 11.9 Å². The first-order valence-electron chi connectivity index (χ1n) is 7.03. The Hall–Kier alpha value is -1.31. The normalized spacial score (nSPS) is 20.3. The van der Waals surface area contributed by atoms with Gasteiger partial charge < -0.3 is 4.74 Å². The highest BCUT2D eigenvalue weighted by Crippen LogP contribution is 2.48. The maximum Gasteiger partial charge on any atom is 0.163 e. The summed E-state index contributed by atoms with van der Waals surface area (Å²) in [4.78, 5) is 12.1. The predicted octanol–water partition coefficient (Wildman–Crippen LogP) is 4.38. The van der Waals surface area contributed by atoms with Gasteiger partial charge in [0.2, 0.25) is 0 Å². The first kappa shape index (κ1) is 14.1. The second-order valence-electron chi connectivity index (χ2n) is 6.55. The van der Waals surface area contributed by atoms with Gasteiger partial charge >= 0.3 is 0 Å². The molecule has 0 aromatic heterocycles. The van der Waals surface area contributed by atoms with Gasteiger partial charge in [-0.25, -0.2) is 0 Å². The fraction of sp³-hybridized carbons (Fsp3) is 0.588. The fourth-order valence-electron chi connectivity index (χ4n) is 3.08. The number of carbonyl (C=O) groups excluding carboxylic acids is 1. The fourth-order valence-corrected chi connectivity index (χ4v) is 3.08. The van der Waals surface area contributed by atoms with Gasteiger partial charge in [0.25, 0.3) is 0 Å². The third-order valence-electron chi connectivity index (χ3n) is 4.44. The van der Waals surface area contributed by atoms with Crippen molar-refractivity contribution in [2.75, 3.05) is 0 Å². The van der Waals surface area contributed by atoms with Crippen LogP contribution >= 0.6 is 0 Å². The zero-order chi connectivity index (χ0) is 14.5. The molecule has 2 nitrogen and oxygen atoms in total. The Balaban J connectivity index is 2.82. The molecular formula is C17H24O2. The summed E-state index contributed by atoms with van der Waals surface area (Å²) in [7, 11) is 0. The summed E-state index contributed by atoms with van der Waals surface area (Å²) < 4.78 is 6.07. The van der Waals surface area contributed by atoms with E-state index in [0.29, 0.717) is 5.92 Å². The van der Waals surface area contributed by atoms with Crippen molar-refractivity contribution in [1.82, 2.24) is 0 Å². The van der Waals surface area contributed by atoms with Gasteiger partial charge in [-0.1, -0.05) is 33.8 Å². The monoisotopic (exact) mass is 260 g/mol. The van der Waals surface area contributed by atoms with E-state index in [-0.39, 0.29) is 17.3 Å². The van der Waals surface area contributed by atoms with Gasteiger partial charge in [-0.2, -0.15) is 0 Å². The molecule has 1 aliphatic heterocycles. The van der Waals surface area contributed by atoms with Crippen molar-refractivity contribution in [3.63, 3.8) is 0 Å². The van der Waals surface area contributed by atoms with Gasteiger partial charge in [-0.05, 0) is 37.8 Å². The lowest BCUT2D eigenvalue weighted by Crippen LogP contribution is -2.29. The smallest absolute Gasteiger partial charge is 0.163 e. The molecule has 2 heteroatoms. The molecule has 0 bridgehead atoms. The number of hydrogen-bond acceptors (Lipinski definition) is 2. The van der Waals surface area contributed by atoms with Crippen LogP contribution in [-0.2, 0) is 5.41 Å². The summed E-state index contributed by atoms with van der Waals surface area (Å²) in [6.07, 6.45) is 0.0988. The Labute approximate surface area is 116 Å². The topological polar surface area (TPSA) is 26.3 Å². The van der Waals surface area contributed by atoms with Gasteiger partial charge in [0.1, 0.15) is 11.9 Å². The molecule has 104 valence electrons. The molecule has 0 radical (unpaired) electrons. The third kappa shape index (κ3) is 1.98. The molecule has 1 aromatic carbocycles. The summed E-state index contributed by atoms with van der Waals surface area (Å²) in [5, 5.41) is 0. The summed E-state index contributed by atoms with van der Waals surface area (Å²) >= 11 is 0. The van der Waals surface area contributed by atoms with Crippen LogP contribution in [0, 0.1) is 6.92 Å². The number of rotatable bonds is 2. The van der Waals surface area contributed by atoms with Gasteiger partial charge in [-0.3, -0.25) is 4.79 Å². The Bertz CT molecular complexity index is 539. The average Bonchev–Trinajstić information content (AvgIpc) is 2.49. The number of Topliss-reactive ketones (excluding diaryl/α,β-unsaturated/α-hetero) is 1. The Morgan fingerprint density at radius 1 is 1.37 bits per heavy atom. The second-order valence-corrected chi connectivity index (χ2v) is 6.55. The van der Waals surface area contributed by atoms with Crippen LogP contribution in [0.2, 0.25) is 0 Å². The highest BCUT2D eigenvalue weighted by atomic mass is 16.5. The van der Waals surface area contributed by atoms with Crippen molar-refractivity contribution < 1.29 is 9.53 Å². The molecule has 0 saturated carbocycles. The second kappa shape index (κ2) is 4.36. The number of aryl methyl sites for hydroxylation is 1. The van der Waals surface area contributed by atoms with E-state index in [2.05, 4.69) is 47.6 Å². The minimum absolute atomic E-state index is 0.0425. The zero-order valence-electron chi connectivity index (χ0n) is 13.0. The van der Waals surface area contributed by atoms with Crippen molar-refractivity contribution in [2.24, 2.45) is 0 Å². The van der Waals surface area contributed by atoms with E-state index in [1.54, 1.807) is 6.92 Å². The van der Waals surface area contributed by atoms with Crippen LogP contribution in [0.3, 0.4) is 0 Å². The number of ether oxygens (including phenoxy) is 1. The largest absolute Gasteiger partial charge is 0.489 e. The highest BCUT2D eigenvalue weighted by molar-refractivity contribution is 5.99. The summed E-state index contributed by atoms with van der Waals surface area (Å²) in [6, 6.07) is 2.17. The lowest BCUT2D eigenvalue weighted by molar-refractivity contribution is 0.101. The molecule has 1 aromatic rings. The predicted molar refractivity (Wildman–Crippen MR) is 78.4 cm³/mol. The van der Waals surface area contributed by atoms with E-state index in [0.717, 1.165) is 16.9 Å². The number of hydrogen-bond donors (Lipinski definition) is 0. The number of benzene rings is 1. The minimum Gasteiger partial charge on any atom is -0.489 e. The highest BCUT2D eigenvalue weighted by Gasteiger charge is 2.42. The Morgan fingerprint density at radius 3 is 2.42 bits per heavy atom. The van der Waals surface area contributed by atoms with Crippen molar-refractivity contribution >= 4 is 5.78 Å². The summed E-state index contributed by atoms with van der Waals surface area (Å²) in [5.74, 6) is 1.25. The molecule has 1 heterocycles. The number of carbonyl (C=O) groups is 1.